The first-order valence-corrected chi connectivity index (χ1v) is 15.4. The highest BCUT2D eigenvalue weighted by molar-refractivity contribution is 7.48. The lowest BCUT2D eigenvalue weighted by atomic mass is 9.97. The number of nitrogens with one attached hydrogen (secondary N) is 2. The van der Waals surface area contributed by atoms with Crippen molar-refractivity contribution in [3.05, 3.63) is 10.4 Å². The fraction of sp³-hybridized carbons (Fsp3) is 0.731. The Morgan fingerprint density at radius 2 is 1.52 bits per heavy atom. The first-order chi connectivity index (χ1) is 20.1. The summed E-state index contributed by atoms with van der Waals surface area (Å²) in [5.74, 6) is -0.875. The Labute approximate surface area is 254 Å². The van der Waals surface area contributed by atoms with Crippen LogP contribution in [-0.4, -0.2) is 83.2 Å². The van der Waals surface area contributed by atoms with Crippen LogP contribution in [0.4, 0.5) is 31.8 Å². The van der Waals surface area contributed by atoms with E-state index in [2.05, 4.69) is 15.3 Å². The number of phosphoric acid groups is 1. The molecule has 4 rings (SSSR count). The molecular weight excluding hydrogens is 605 g/mol. The highest BCUT2D eigenvalue weighted by Crippen LogP contribution is 2.55. The lowest BCUT2D eigenvalue weighted by Crippen LogP contribution is -2.64. The van der Waals surface area contributed by atoms with Crippen LogP contribution >= 0.6 is 7.82 Å². The molecule has 0 spiro atoms. The molecule has 18 heteroatoms. The van der Waals surface area contributed by atoms with E-state index in [1.807, 2.05) is 0 Å². The predicted octanol–water partition coefficient (Wildman–Crippen LogP) is 4.27. The van der Waals surface area contributed by atoms with E-state index in [1.54, 1.807) is 62.3 Å². The molecule has 5 atom stereocenters. The van der Waals surface area contributed by atoms with Crippen molar-refractivity contribution in [3.8, 4) is 0 Å². The van der Waals surface area contributed by atoms with Gasteiger partial charge >= 0.3 is 26.1 Å². The number of H-pyrrole nitrogens is 1. The van der Waals surface area contributed by atoms with Gasteiger partial charge < -0.3 is 24.3 Å². The number of carbonyl (C=O) groups excluding carboxylic acids is 3. The third-order valence-electron chi connectivity index (χ3n) is 6.10. The van der Waals surface area contributed by atoms with Crippen LogP contribution in [0, 0.1) is 0 Å². The van der Waals surface area contributed by atoms with E-state index in [9.17, 15) is 23.7 Å². The molecule has 3 amide bonds. The number of rotatable bonds is 2. The second-order valence-corrected chi connectivity index (χ2v) is 15.1. The molecule has 2 saturated heterocycles. The van der Waals surface area contributed by atoms with E-state index < -0.39 is 78.9 Å². The Balaban J connectivity index is 1.82. The lowest BCUT2D eigenvalue weighted by Gasteiger charge is -2.49. The van der Waals surface area contributed by atoms with Gasteiger partial charge in [0.2, 0.25) is 5.95 Å². The van der Waals surface area contributed by atoms with Crippen molar-refractivity contribution in [2.75, 3.05) is 28.8 Å². The van der Waals surface area contributed by atoms with Crippen molar-refractivity contribution in [2.45, 2.75) is 110 Å². The number of phosphoric ester groups is 1. The minimum atomic E-state index is -3.82. The molecule has 5 unspecified atom stereocenters. The third kappa shape index (κ3) is 7.51. The fourth-order valence-corrected chi connectivity index (χ4v) is 5.63. The van der Waals surface area contributed by atoms with Crippen LogP contribution in [0.25, 0.3) is 0 Å². The summed E-state index contributed by atoms with van der Waals surface area (Å²) < 4.78 is 51.0. The van der Waals surface area contributed by atoms with Crippen molar-refractivity contribution < 1.29 is 51.5 Å². The number of imide groups is 1. The normalized spacial score (nSPS) is 26.7. The molecule has 0 aromatic carbocycles. The first-order valence-electron chi connectivity index (χ1n) is 13.9. The van der Waals surface area contributed by atoms with E-state index in [4.69, 9.17) is 32.5 Å². The van der Waals surface area contributed by atoms with Gasteiger partial charge in [-0.1, -0.05) is 0 Å². The molecule has 4 heterocycles. The minimum Gasteiger partial charge on any atom is -0.443 e. The van der Waals surface area contributed by atoms with Gasteiger partial charge in [-0.2, -0.15) is 4.98 Å². The van der Waals surface area contributed by atoms with E-state index in [0.717, 1.165) is 4.90 Å². The Morgan fingerprint density at radius 3 is 2.05 bits per heavy atom. The number of hydrogen-bond acceptors (Lipinski definition) is 14. The number of aromatic nitrogens is 2. The predicted molar refractivity (Wildman–Crippen MR) is 155 cm³/mol. The van der Waals surface area contributed by atoms with Crippen molar-refractivity contribution in [3.63, 3.8) is 0 Å². The zero-order chi connectivity index (χ0) is 33.0. The van der Waals surface area contributed by atoms with Gasteiger partial charge in [0.1, 0.15) is 34.7 Å². The van der Waals surface area contributed by atoms with Gasteiger partial charge in [0.05, 0.1) is 12.6 Å². The number of nitrogens with zero attached hydrogens (tertiary/aromatic N) is 3. The van der Waals surface area contributed by atoms with Crippen LogP contribution in [0.3, 0.4) is 0 Å². The molecular formula is C26H40N5O12P. The number of ether oxygens (including phenoxy) is 4. The summed E-state index contributed by atoms with van der Waals surface area (Å²) in [5.41, 5.74) is -4.07. The van der Waals surface area contributed by atoms with Gasteiger partial charge in [0.25, 0.3) is 5.56 Å². The third-order valence-corrected chi connectivity index (χ3v) is 7.54. The monoisotopic (exact) mass is 645 g/mol. The molecule has 1 aromatic rings. The topological polar surface area (TPSA) is 197 Å². The Hall–Kier alpha value is -3.24. The summed E-state index contributed by atoms with van der Waals surface area (Å²) >= 11 is 0. The zero-order valence-electron chi connectivity index (χ0n) is 26.4. The maximum Gasteiger partial charge on any atom is 0.474 e. The molecule has 0 bridgehead atoms. The standard InChI is InChI=1S/C26H40N5O12P/c1-24(2,3)40-21(33)30-17-16(27-13-11-14-15(39-19(13)30)12-38-44(36,37-10)43-14)18(32)29-20(28-17)31(22(34)41-25(4,5)6)23(35)42-26(7,8)9/h13-15,19,27H,11-12H2,1-10H3,(H,28,29,32). The second-order valence-electron chi connectivity index (χ2n) is 13.4. The highest BCUT2D eigenvalue weighted by atomic mass is 31.2. The number of anilines is 3. The minimum absolute atomic E-state index is 0.119. The van der Waals surface area contributed by atoms with Crippen molar-refractivity contribution in [1.29, 1.82) is 0 Å². The summed E-state index contributed by atoms with van der Waals surface area (Å²) in [7, 11) is -2.63. The van der Waals surface area contributed by atoms with Crippen LogP contribution < -0.4 is 20.7 Å². The fourth-order valence-electron chi connectivity index (χ4n) is 4.50. The Morgan fingerprint density at radius 1 is 0.955 bits per heavy atom. The molecule has 0 saturated carbocycles. The zero-order valence-corrected chi connectivity index (χ0v) is 27.3. The van der Waals surface area contributed by atoms with Crippen LogP contribution in [0.15, 0.2) is 4.79 Å². The summed E-state index contributed by atoms with van der Waals surface area (Å²) in [5, 5.41) is 3.01. The second kappa shape index (κ2) is 11.6. The van der Waals surface area contributed by atoms with Crippen LogP contribution in [-0.2, 0) is 37.1 Å². The number of hydrogen-bond donors (Lipinski definition) is 2. The summed E-state index contributed by atoms with van der Waals surface area (Å²) in [6.45, 7) is 14.3. The number of carbonyl (C=O) groups is 3. The Kier molecular flexibility index (Phi) is 8.87. The molecule has 1 aromatic heterocycles. The molecule has 3 aliphatic rings. The van der Waals surface area contributed by atoms with Gasteiger partial charge in [0.15, 0.2) is 12.0 Å². The maximum absolute atomic E-state index is 13.7. The molecule has 246 valence electrons. The van der Waals surface area contributed by atoms with Gasteiger partial charge in [-0.15, -0.1) is 4.90 Å². The van der Waals surface area contributed by atoms with Crippen molar-refractivity contribution in [1.82, 2.24) is 9.97 Å². The smallest absolute Gasteiger partial charge is 0.443 e. The highest BCUT2D eigenvalue weighted by Gasteiger charge is 2.53. The molecule has 3 aliphatic heterocycles. The SMILES string of the molecule is COP1(=O)OCC2OC3C(CC2O1)Nc1c(nc(N(C(=O)OC(C)(C)C)C(=O)OC(C)(C)C)[nH]c1=O)N3C(=O)OC(C)(C)C. The Bertz CT molecular complexity index is 1380. The van der Waals surface area contributed by atoms with E-state index in [0.29, 0.717) is 4.90 Å². The molecule has 17 nitrogen and oxygen atoms in total. The maximum atomic E-state index is 13.7. The first kappa shape index (κ1) is 33.6. The van der Waals surface area contributed by atoms with Crippen molar-refractivity contribution >= 4 is 43.6 Å². The van der Waals surface area contributed by atoms with Gasteiger partial charge in [-0.3, -0.25) is 23.3 Å². The summed E-state index contributed by atoms with van der Waals surface area (Å²) in [6.07, 6.45) is -5.88. The number of amides is 3. The molecule has 0 aliphatic carbocycles. The van der Waals surface area contributed by atoms with Crippen LogP contribution in [0.5, 0.6) is 0 Å². The average molecular weight is 646 g/mol. The number of aromatic amines is 1. The molecule has 0 radical (unpaired) electrons. The van der Waals surface area contributed by atoms with Gasteiger partial charge in [-0.25, -0.2) is 23.8 Å². The molecule has 2 fully saturated rings. The average Bonchev–Trinajstić information content (AvgIpc) is 2.83. The summed E-state index contributed by atoms with van der Waals surface area (Å²) in [4.78, 5) is 62.0. The van der Waals surface area contributed by atoms with E-state index in [1.165, 1.54) is 7.11 Å². The van der Waals surface area contributed by atoms with Crippen LogP contribution in [0.2, 0.25) is 0 Å². The van der Waals surface area contributed by atoms with Crippen LogP contribution in [0.1, 0.15) is 68.7 Å². The van der Waals surface area contributed by atoms with Crippen molar-refractivity contribution in [2.24, 2.45) is 0 Å². The summed E-state index contributed by atoms with van der Waals surface area (Å²) in [6, 6.07) is -0.777. The van der Waals surface area contributed by atoms with E-state index in [-0.39, 0.29) is 24.5 Å². The van der Waals surface area contributed by atoms with Gasteiger partial charge in [-0.05, 0) is 62.3 Å². The largest absolute Gasteiger partial charge is 0.474 e. The molecule has 2 N–H and O–H groups in total. The molecule has 44 heavy (non-hydrogen) atoms. The van der Waals surface area contributed by atoms with Gasteiger partial charge in [0, 0.05) is 13.5 Å². The quantitative estimate of drug-likeness (QED) is 0.342. The lowest BCUT2D eigenvalue weighted by molar-refractivity contribution is -0.156. The van der Waals surface area contributed by atoms with E-state index >= 15 is 0 Å². The number of fused-ring (bicyclic) bond motifs is 3.